The van der Waals surface area contributed by atoms with Crippen LogP contribution >= 0.6 is 0 Å². The first-order valence-corrected chi connectivity index (χ1v) is 11.4. The highest BCUT2D eigenvalue weighted by molar-refractivity contribution is 7.91. The van der Waals surface area contributed by atoms with Crippen molar-refractivity contribution in [2.75, 3.05) is 30.9 Å². The molecule has 1 aliphatic heterocycles. The van der Waals surface area contributed by atoms with Crippen molar-refractivity contribution in [1.82, 2.24) is 20.3 Å². The molecule has 0 aliphatic carbocycles. The lowest BCUT2D eigenvalue weighted by molar-refractivity contribution is 0.0985. The van der Waals surface area contributed by atoms with Gasteiger partial charge < -0.3 is 14.2 Å². The zero-order valence-corrected chi connectivity index (χ0v) is 18.0. The largest absolute Gasteiger partial charge is 0.377 e. The molecule has 10 heteroatoms. The van der Waals surface area contributed by atoms with Crippen molar-refractivity contribution in [1.29, 1.82) is 0 Å². The molecule has 29 heavy (non-hydrogen) atoms. The molecule has 1 N–H and O–H groups in total. The highest BCUT2D eigenvalue weighted by Crippen LogP contribution is 2.39. The SMILES string of the molecule is Cc1cc(-c2noc3c(C(C)(C)S(C)(=O)=O)cc(N4CCOC[C@H]4C)nc23)n[nH]1. The van der Waals surface area contributed by atoms with Gasteiger partial charge in [-0.05, 0) is 39.8 Å². The van der Waals surface area contributed by atoms with Gasteiger partial charge in [-0.2, -0.15) is 5.10 Å². The molecular formula is C19H25N5O4S. The van der Waals surface area contributed by atoms with E-state index in [2.05, 4.69) is 27.2 Å². The van der Waals surface area contributed by atoms with E-state index < -0.39 is 14.6 Å². The minimum absolute atomic E-state index is 0.110. The molecule has 0 unspecified atom stereocenters. The van der Waals surface area contributed by atoms with E-state index in [1.54, 1.807) is 19.9 Å². The summed E-state index contributed by atoms with van der Waals surface area (Å²) in [5, 5.41) is 11.3. The fourth-order valence-electron chi connectivity index (χ4n) is 3.48. The van der Waals surface area contributed by atoms with Crippen molar-refractivity contribution in [2.24, 2.45) is 0 Å². The predicted octanol–water partition coefficient (Wildman–Crippen LogP) is 2.43. The molecule has 3 aromatic heterocycles. The molecule has 0 aromatic carbocycles. The second-order valence-corrected chi connectivity index (χ2v) is 10.6. The number of H-pyrrole nitrogens is 1. The number of fused-ring (bicyclic) bond motifs is 1. The van der Waals surface area contributed by atoms with Gasteiger partial charge in [-0.1, -0.05) is 5.16 Å². The number of aromatic nitrogens is 4. The number of hydrogen-bond acceptors (Lipinski definition) is 8. The van der Waals surface area contributed by atoms with Gasteiger partial charge in [0.05, 0.1) is 24.0 Å². The lowest BCUT2D eigenvalue weighted by Gasteiger charge is -2.35. The first-order chi connectivity index (χ1) is 13.6. The Balaban J connectivity index is 1.99. The Morgan fingerprint density at radius 1 is 1.31 bits per heavy atom. The number of sulfone groups is 1. The second-order valence-electron chi connectivity index (χ2n) is 8.07. The average molecular weight is 420 g/mol. The van der Waals surface area contributed by atoms with Crippen LogP contribution in [0.5, 0.6) is 0 Å². The Kier molecular flexibility index (Phi) is 4.66. The van der Waals surface area contributed by atoms with Gasteiger partial charge in [0.15, 0.2) is 21.1 Å². The number of rotatable bonds is 4. The van der Waals surface area contributed by atoms with Crippen LogP contribution < -0.4 is 4.90 Å². The zero-order chi connectivity index (χ0) is 21.0. The maximum absolute atomic E-state index is 12.6. The van der Waals surface area contributed by atoms with Crippen LogP contribution in [0.4, 0.5) is 5.82 Å². The minimum atomic E-state index is -3.44. The van der Waals surface area contributed by atoms with Crippen LogP contribution in [0.15, 0.2) is 16.7 Å². The number of morpholine rings is 1. The third kappa shape index (κ3) is 3.29. The summed E-state index contributed by atoms with van der Waals surface area (Å²) in [4.78, 5) is 6.94. The van der Waals surface area contributed by atoms with Crippen LogP contribution in [0.3, 0.4) is 0 Å². The van der Waals surface area contributed by atoms with Crippen molar-refractivity contribution in [3.05, 3.63) is 23.4 Å². The molecule has 156 valence electrons. The summed E-state index contributed by atoms with van der Waals surface area (Å²) in [6, 6.07) is 3.76. The van der Waals surface area contributed by atoms with Crippen molar-refractivity contribution in [2.45, 2.75) is 38.5 Å². The quantitative estimate of drug-likeness (QED) is 0.686. The fraction of sp³-hybridized carbons (Fsp3) is 0.526. The third-order valence-electron chi connectivity index (χ3n) is 5.60. The van der Waals surface area contributed by atoms with E-state index in [4.69, 9.17) is 14.2 Å². The van der Waals surface area contributed by atoms with Gasteiger partial charge in [0.25, 0.3) is 0 Å². The predicted molar refractivity (Wildman–Crippen MR) is 110 cm³/mol. The maximum atomic E-state index is 12.6. The number of pyridine rings is 1. The molecular weight excluding hydrogens is 394 g/mol. The smallest absolute Gasteiger partial charge is 0.190 e. The summed E-state index contributed by atoms with van der Waals surface area (Å²) < 4.78 is 35.2. The number of aromatic amines is 1. The molecule has 0 amide bonds. The van der Waals surface area contributed by atoms with Gasteiger partial charge in [-0.25, -0.2) is 13.4 Å². The zero-order valence-electron chi connectivity index (χ0n) is 17.2. The van der Waals surface area contributed by atoms with Crippen LogP contribution in [-0.2, 0) is 19.3 Å². The average Bonchev–Trinajstić information content (AvgIpc) is 3.26. The van der Waals surface area contributed by atoms with Crippen LogP contribution in [0.25, 0.3) is 22.5 Å². The maximum Gasteiger partial charge on any atom is 0.190 e. The van der Waals surface area contributed by atoms with E-state index in [9.17, 15) is 8.42 Å². The molecule has 1 fully saturated rings. The normalized spacial score (nSPS) is 18.5. The highest BCUT2D eigenvalue weighted by Gasteiger charge is 2.37. The Morgan fingerprint density at radius 3 is 2.69 bits per heavy atom. The van der Waals surface area contributed by atoms with E-state index in [0.29, 0.717) is 53.6 Å². The lowest BCUT2D eigenvalue weighted by atomic mass is 10.0. The Hall–Kier alpha value is -2.46. The Morgan fingerprint density at radius 2 is 2.07 bits per heavy atom. The van der Waals surface area contributed by atoms with Crippen LogP contribution in [-0.4, -0.2) is 60.8 Å². The van der Waals surface area contributed by atoms with Gasteiger partial charge in [-0.3, -0.25) is 5.10 Å². The molecule has 0 radical (unpaired) electrons. The first-order valence-electron chi connectivity index (χ1n) is 9.47. The number of nitrogens with zero attached hydrogens (tertiary/aromatic N) is 4. The van der Waals surface area contributed by atoms with E-state index in [1.807, 2.05) is 13.0 Å². The standard InChI is InChI=1S/C19H25N5O4S/c1-11-8-14(22-21-11)16-17-18(28-23-16)13(19(3,4)29(5,25)26)9-15(20-17)24-6-7-27-10-12(24)2/h8-9,12H,6-7,10H2,1-5H3,(H,21,22)/t12-/m1/s1. The summed E-state index contributed by atoms with van der Waals surface area (Å²) in [6.45, 7) is 9.13. The van der Waals surface area contributed by atoms with E-state index >= 15 is 0 Å². The molecule has 0 spiro atoms. The number of anilines is 1. The van der Waals surface area contributed by atoms with Gasteiger partial charge in [0.2, 0.25) is 0 Å². The number of hydrogen-bond donors (Lipinski definition) is 1. The monoisotopic (exact) mass is 419 g/mol. The first kappa shape index (κ1) is 19.8. The Bertz CT molecular complexity index is 1160. The fourth-order valence-corrected chi connectivity index (χ4v) is 4.03. The third-order valence-corrected chi connectivity index (χ3v) is 7.67. The summed E-state index contributed by atoms with van der Waals surface area (Å²) in [7, 11) is -3.44. The molecule has 0 bridgehead atoms. The molecule has 0 saturated carbocycles. The van der Waals surface area contributed by atoms with Crippen molar-refractivity contribution in [3.63, 3.8) is 0 Å². The molecule has 4 rings (SSSR count). The number of ether oxygens (including phenoxy) is 1. The summed E-state index contributed by atoms with van der Waals surface area (Å²) in [5.41, 5.74) is 3.36. The van der Waals surface area contributed by atoms with Crippen molar-refractivity contribution >= 4 is 26.8 Å². The van der Waals surface area contributed by atoms with Crippen molar-refractivity contribution < 1.29 is 17.7 Å². The topological polar surface area (TPSA) is 114 Å². The van der Waals surface area contributed by atoms with E-state index in [-0.39, 0.29) is 6.04 Å². The number of nitrogens with one attached hydrogen (secondary N) is 1. The van der Waals surface area contributed by atoms with Crippen LogP contribution in [0.1, 0.15) is 32.0 Å². The second kappa shape index (κ2) is 6.81. The van der Waals surface area contributed by atoms with Crippen molar-refractivity contribution in [3.8, 4) is 11.4 Å². The molecule has 4 heterocycles. The van der Waals surface area contributed by atoms with Gasteiger partial charge in [-0.15, -0.1) is 0 Å². The van der Waals surface area contributed by atoms with Gasteiger partial charge in [0, 0.05) is 24.1 Å². The molecule has 1 aliphatic rings. The summed E-state index contributed by atoms with van der Waals surface area (Å²) >= 11 is 0. The van der Waals surface area contributed by atoms with E-state index in [0.717, 1.165) is 5.69 Å². The molecule has 1 saturated heterocycles. The summed E-state index contributed by atoms with van der Waals surface area (Å²) in [5.74, 6) is 0.678. The number of aryl methyl sites for hydroxylation is 1. The molecule has 9 nitrogen and oxygen atoms in total. The lowest BCUT2D eigenvalue weighted by Crippen LogP contribution is -2.44. The highest BCUT2D eigenvalue weighted by atomic mass is 32.2. The van der Waals surface area contributed by atoms with Crippen LogP contribution in [0.2, 0.25) is 0 Å². The van der Waals surface area contributed by atoms with Crippen LogP contribution in [0, 0.1) is 6.92 Å². The molecule has 1 atom stereocenters. The summed E-state index contributed by atoms with van der Waals surface area (Å²) in [6.07, 6.45) is 1.23. The van der Waals surface area contributed by atoms with E-state index in [1.165, 1.54) is 6.26 Å². The van der Waals surface area contributed by atoms with Gasteiger partial charge >= 0.3 is 0 Å². The molecule has 3 aromatic rings. The minimum Gasteiger partial charge on any atom is -0.377 e. The Labute approximate surface area is 169 Å². The van der Waals surface area contributed by atoms with Gasteiger partial charge in [0.1, 0.15) is 17.0 Å².